The quantitative estimate of drug-likeness (QED) is 0.190. The van der Waals surface area contributed by atoms with E-state index in [1.165, 1.54) is 16.7 Å². The third-order valence-corrected chi connectivity index (χ3v) is 6.05. The van der Waals surface area contributed by atoms with Crippen molar-refractivity contribution >= 4 is 67.9 Å². The first-order valence-corrected chi connectivity index (χ1v) is 10.9. The Hall–Kier alpha value is -2.74. The van der Waals surface area contributed by atoms with Gasteiger partial charge in [0.25, 0.3) is 5.91 Å². The lowest BCUT2D eigenvalue weighted by Gasteiger charge is -2.13. The van der Waals surface area contributed by atoms with E-state index in [1.54, 1.807) is 48.5 Å². The molecule has 0 unspecified atom stereocenters. The number of rotatable bonds is 4. The van der Waals surface area contributed by atoms with Gasteiger partial charge in [-0.1, -0.05) is 76.3 Å². The van der Waals surface area contributed by atoms with Gasteiger partial charge in [-0.15, -0.1) is 0 Å². The summed E-state index contributed by atoms with van der Waals surface area (Å²) >= 11 is 9.99. The highest BCUT2D eigenvalue weighted by molar-refractivity contribution is 9.10. The first-order valence-electron chi connectivity index (χ1n) is 8.92. The van der Waals surface area contributed by atoms with Crippen molar-refractivity contribution in [1.82, 2.24) is 0 Å². The van der Waals surface area contributed by atoms with Crippen molar-refractivity contribution in [2.75, 3.05) is 4.90 Å². The molecule has 7 heteroatoms. The van der Waals surface area contributed by atoms with Gasteiger partial charge in [0, 0.05) is 4.47 Å². The number of thiocarbonyl (C=S) groups is 1. The van der Waals surface area contributed by atoms with Crippen LogP contribution in [-0.4, -0.2) is 16.2 Å². The molecule has 1 heterocycles. The summed E-state index contributed by atoms with van der Waals surface area (Å²) < 4.78 is 6.71. The number of ether oxygens (including phenoxy) is 1. The van der Waals surface area contributed by atoms with Crippen LogP contribution in [0.15, 0.2) is 88.2 Å². The molecule has 0 bridgehead atoms. The van der Waals surface area contributed by atoms with Gasteiger partial charge in [0.2, 0.25) is 0 Å². The van der Waals surface area contributed by atoms with Gasteiger partial charge in [-0.3, -0.25) is 9.69 Å². The number of carbonyl (C=O) groups excluding carboxylic acids is 2. The minimum absolute atomic E-state index is 0.152. The van der Waals surface area contributed by atoms with E-state index in [9.17, 15) is 9.59 Å². The van der Waals surface area contributed by atoms with Crippen LogP contribution in [0.1, 0.15) is 15.9 Å². The largest absolute Gasteiger partial charge is 0.423 e. The molecule has 0 N–H and O–H groups in total. The summed E-state index contributed by atoms with van der Waals surface area (Å²) in [6.45, 7) is 0. The van der Waals surface area contributed by atoms with E-state index < -0.39 is 5.97 Å². The number of amides is 1. The van der Waals surface area contributed by atoms with Crippen LogP contribution in [-0.2, 0) is 4.79 Å². The zero-order valence-corrected chi connectivity index (χ0v) is 18.7. The molecule has 0 radical (unpaired) electrons. The minimum atomic E-state index is -0.437. The Morgan fingerprint density at radius 3 is 2.43 bits per heavy atom. The van der Waals surface area contributed by atoms with Crippen LogP contribution in [0.2, 0.25) is 0 Å². The maximum atomic E-state index is 12.8. The molecule has 0 atom stereocenters. The lowest BCUT2D eigenvalue weighted by Crippen LogP contribution is -2.27. The smallest absolute Gasteiger partial charge is 0.343 e. The van der Waals surface area contributed by atoms with E-state index >= 15 is 0 Å². The van der Waals surface area contributed by atoms with Crippen molar-refractivity contribution in [2.24, 2.45) is 0 Å². The van der Waals surface area contributed by atoms with Gasteiger partial charge >= 0.3 is 5.97 Å². The SMILES string of the molecule is O=C(Oc1ccc(C=C2SC(=S)N(c3ccccc3)C2=O)cc1)c1cccc(Br)c1. The highest BCUT2D eigenvalue weighted by Crippen LogP contribution is 2.36. The van der Waals surface area contributed by atoms with Gasteiger partial charge in [0.1, 0.15) is 5.75 Å². The number of carbonyl (C=O) groups is 2. The second-order valence-electron chi connectivity index (χ2n) is 6.32. The number of esters is 1. The zero-order valence-electron chi connectivity index (χ0n) is 15.4. The van der Waals surface area contributed by atoms with Gasteiger partial charge in [0.05, 0.1) is 16.2 Å². The van der Waals surface area contributed by atoms with Crippen molar-refractivity contribution in [2.45, 2.75) is 0 Å². The van der Waals surface area contributed by atoms with E-state index in [-0.39, 0.29) is 5.91 Å². The van der Waals surface area contributed by atoms with E-state index in [2.05, 4.69) is 15.9 Å². The standard InChI is InChI=1S/C23H14BrNO3S2/c24-17-6-4-5-16(14-17)22(27)28-19-11-9-15(10-12-19)13-20-21(26)25(23(29)30-20)18-7-2-1-3-8-18/h1-14H. The molecule has 3 aromatic carbocycles. The van der Waals surface area contributed by atoms with Gasteiger partial charge in [0.15, 0.2) is 4.32 Å². The van der Waals surface area contributed by atoms with Crippen molar-refractivity contribution in [1.29, 1.82) is 0 Å². The maximum absolute atomic E-state index is 12.8. The summed E-state index contributed by atoms with van der Waals surface area (Å²) in [5.74, 6) is -0.164. The zero-order chi connectivity index (χ0) is 21.1. The number of para-hydroxylation sites is 1. The Labute approximate surface area is 191 Å². The number of halogens is 1. The van der Waals surface area contributed by atoms with Crippen molar-refractivity contribution in [3.63, 3.8) is 0 Å². The Balaban J connectivity index is 1.48. The van der Waals surface area contributed by atoms with Crippen molar-refractivity contribution in [3.8, 4) is 5.75 Å². The van der Waals surface area contributed by atoms with E-state index in [0.29, 0.717) is 20.5 Å². The van der Waals surface area contributed by atoms with E-state index in [0.717, 1.165) is 15.7 Å². The van der Waals surface area contributed by atoms with Crippen LogP contribution in [0.4, 0.5) is 5.69 Å². The normalized spacial score (nSPS) is 15.0. The summed E-state index contributed by atoms with van der Waals surface area (Å²) in [6.07, 6.45) is 1.78. The van der Waals surface area contributed by atoms with Crippen LogP contribution in [0.3, 0.4) is 0 Å². The van der Waals surface area contributed by atoms with Gasteiger partial charge in [-0.25, -0.2) is 4.79 Å². The molecule has 1 aliphatic rings. The maximum Gasteiger partial charge on any atom is 0.343 e. The van der Waals surface area contributed by atoms with Crippen LogP contribution in [0.25, 0.3) is 6.08 Å². The summed E-state index contributed by atoms with van der Waals surface area (Å²) in [7, 11) is 0. The molecule has 4 nitrogen and oxygen atoms in total. The van der Waals surface area contributed by atoms with Crippen molar-refractivity contribution in [3.05, 3.63) is 99.4 Å². The second-order valence-corrected chi connectivity index (χ2v) is 8.91. The number of hydrogen-bond donors (Lipinski definition) is 0. The first-order chi connectivity index (χ1) is 14.5. The molecule has 0 saturated carbocycles. The average molecular weight is 496 g/mol. The second kappa shape index (κ2) is 8.95. The molecular formula is C23H14BrNO3S2. The fraction of sp³-hybridized carbons (Fsp3) is 0. The summed E-state index contributed by atoms with van der Waals surface area (Å²) in [6, 6.07) is 23.3. The molecule has 3 aromatic rings. The number of thioether (sulfide) groups is 1. The molecule has 30 heavy (non-hydrogen) atoms. The van der Waals surface area contributed by atoms with Crippen LogP contribution in [0, 0.1) is 0 Å². The Kier molecular flexibility index (Phi) is 6.13. The molecule has 0 aromatic heterocycles. The average Bonchev–Trinajstić information content (AvgIpc) is 3.03. The van der Waals surface area contributed by atoms with E-state index in [4.69, 9.17) is 17.0 Å². The summed E-state index contributed by atoms with van der Waals surface area (Å²) in [5, 5.41) is 0. The molecule has 4 rings (SSSR count). The van der Waals surface area contributed by atoms with E-state index in [1.807, 2.05) is 36.4 Å². The number of hydrogen-bond acceptors (Lipinski definition) is 5. The van der Waals surface area contributed by atoms with Crippen LogP contribution >= 0.6 is 39.9 Å². The predicted octanol–water partition coefficient (Wildman–Crippen LogP) is 6.07. The predicted molar refractivity (Wildman–Crippen MR) is 128 cm³/mol. The first kappa shape index (κ1) is 20.5. The minimum Gasteiger partial charge on any atom is -0.423 e. The van der Waals surface area contributed by atoms with Crippen molar-refractivity contribution < 1.29 is 14.3 Å². The highest BCUT2D eigenvalue weighted by atomic mass is 79.9. The molecule has 1 amide bonds. The Morgan fingerprint density at radius 2 is 1.73 bits per heavy atom. The van der Waals surface area contributed by atoms with Gasteiger partial charge < -0.3 is 4.74 Å². The van der Waals surface area contributed by atoms with Gasteiger partial charge in [-0.05, 0) is 54.1 Å². The Bertz CT molecular complexity index is 1160. The Morgan fingerprint density at radius 1 is 1.00 bits per heavy atom. The van der Waals surface area contributed by atoms with Crippen LogP contribution in [0.5, 0.6) is 5.75 Å². The number of nitrogens with zero attached hydrogens (tertiary/aromatic N) is 1. The molecule has 148 valence electrons. The fourth-order valence-electron chi connectivity index (χ4n) is 2.83. The summed E-state index contributed by atoms with van der Waals surface area (Å²) in [5.41, 5.74) is 2.02. The molecule has 1 saturated heterocycles. The number of benzene rings is 3. The molecular weight excluding hydrogens is 482 g/mol. The molecule has 0 spiro atoms. The third kappa shape index (κ3) is 4.53. The topological polar surface area (TPSA) is 46.6 Å². The summed E-state index contributed by atoms with van der Waals surface area (Å²) in [4.78, 5) is 27.1. The highest BCUT2D eigenvalue weighted by Gasteiger charge is 2.33. The van der Waals surface area contributed by atoms with Crippen LogP contribution < -0.4 is 9.64 Å². The third-order valence-electron chi connectivity index (χ3n) is 4.26. The number of anilines is 1. The molecule has 1 aliphatic heterocycles. The monoisotopic (exact) mass is 495 g/mol. The lowest BCUT2D eigenvalue weighted by molar-refractivity contribution is -0.113. The molecule has 1 fully saturated rings. The fourth-order valence-corrected chi connectivity index (χ4v) is 4.53. The lowest BCUT2D eigenvalue weighted by atomic mass is 10.2. The molecule has 0 aliphatic carbocycles. The van der Waals surface area contributed by atoms with Gasteiger partial charge in [-0.2, -0.15) is 0 Å².